The van der Waals surface area contributed by atoms with E-state index in [1.807, 2.05) is 23.7 Å². The molecule has 0 radical (unpaired) electrons. The van der Waals surface area contributed by atoms with E-state index in [-0.39, 0.29) is 0 Å². The highest BCUT2D eigenvalue weighted by Crippen LogP contribution is 2.28. The summed E-state index contributed by atoms with van der Waals surface area (Å²) in [5.41, 5.74) is 2.38. The molecule has 8 nitrogen and oxygen atoms in total. The number of carboxylic acids is 2. The van der Waals surface area contributed by atoms with Gasteiger partial charge in [0.05, 0.1) is 15.7 Å². The maximum absolute atomic E-state index is 9.10. The van der Waals surface area contributed by atoms with Crippen molar-refractivity contribution in [2.45, 2.75) is 43.7 Å². The number of aryl methyl sites for hydroxylation is 1. The van der Waals surface area contributed by atoms with E-state index in [4.69, 9.17) is 43.0 Å². The second-order valence-electron chi connectivity index (χ2n) is 8.64. The molecule has 0 aliphatic carbocycles. The summed E-state index contributed by atoms with van der Waals surface area (Å²) in [4.78, 5) is 25.4. The summed E-state index contributed by atoms with van der Waals surface area (Å²) in [6.45, 7) is 5.56. The van der Waals surface area contributed by atoms with E-state index in [1.165, 1.54) is 50.9 Å². The number of carbonyl (C=O) groups is 2. The van der Waals surface area contributed by atoms with E-state index in [1.54, 1.807) is 17.8 Å². The molecular weight excluding hydrogens is 535 g/mol. The van der Waals surface area contributed by atoms with Crippen molar-refractivity contribution >= 4 is 46.9 Å². The van der Waals surface area contributed by atoms with Gasteiger partial charge in [0.1, 0.15) is 5.82 Å². The standard InChI is InChI=1S/C24H28Cl2N4S.C2H2O4/c1-18-27-24(28-30(18)21-9-10-22(25)23(26)17-21)31-16-6-5-13-29-14-11-20(12-15-29)19-7-3-2-4-8-19;3-1(4)2(5)6/h2-4,7-10,17,20H,5-6,11-16H2,1H3;(H,3,4)(H,5,6). The van der Waals surface area contributed by atoms with Crippen LogP contribution in [0.15, 0.2) is 53.7 Å². The minimum absolute atomic E-state index is 0.524. The zero-order valence-electron chi connectivity index (χ0n) is 20.5. The van der Waals surface area contributed by atoms with Crippen LogP contribution in [0.3, 0.4) is 0 Å². The van der Waals surface area contributed by atoms with Crippen LogP contribution in [0.5, 0.6) is 0 Å². The molecule has 1 aliphatic heterocycles. The van der Waals surface area contributed by atoms with Gasteiger partial charge < -0.3 is 15.1 Å². The Morgan fingerprint density at radius 3 is 2.30 bits per heavy atom. The topological polar surface area (TPSA) is 109 Å². The molecule has 1 aliphatic rings. The number of unbranched alkanes of at least 4 members (excludes halogenated alkanes) is 1. The third-order valence-electron chi connectivity index (χ3n) is 6.04. The van der Waals surface area contributed by atoms with Crippen LogP contribution < -0.4 is 0 Å². The maximum atomic E-state index is 9.10. The summed E-state index contributed by atoms with van der Waals surface area (Å²) in [6.07, 6.45) is 4.93. The van der Waals surface area contributed by atoms with Gasteiger partial charge in [-0.05, 0) is 81.9 Å². The monoisotopic (exact) mass is 564 g/mol. The van der Waals surface area contributed by atoms with Crippen molar-refractivity contribution in [2.24, 2.45) is 0 Å². The number of aliphatic carboxylic acids is 2. The van der Waals surface area contributed by atoms with Crippen LogP contribution >= 0.6 is 35.0 Å². The van der Waals surface area contributed by atoms with Crippen LogP contribution in [0.25, 0.3) is 5.69 Å². The number of carboxylic acid groups (broad SMARTS) is 2. The Balaban J connectivity index is 0.000000568. The van der Waals surface area contributed by atoms with Gasteiger partial charge in [-0.3, -0.25) is 0 Å². The van der Waals surface area contributed by atoms with Crippen molar-refractivity contribution in [1.29, 1.82) is 0 Å². The predicted octanol–water partition coefficient (Wildman–Crippen LogP) is 5.79. The number of thioether (sulfide) groups is 1. The van der Waals surface area contributed by atoms with E-state index in [9.17, 15) is 0 Å². The largest absolute Gasteiger partial charge is 0.473 e. The molecule has 3 aromatic rings. The van der Waals surface area contributed by atoms with Crippen molar-refractivity contribution in [3.63, 3.8) is 0 Å². The lowest BCUT2D eigenvalue weighted by atomic mass is 9.89. The Morgan fingerprint density at radius 1 is 1.00 bits per heavy atom. The molecule has 2 N–H and O–H groups in total. The fourth-order valence-corrected chi connectivity index (χ4v) is 5.26. The van der Waals surface area contributed by atoms with Crippen LogP contribution in [0, 0.1) is 6.92 Å². The average molecular weight is 566 g/mol. The van der Waals surface area contributed by atoms with Crippen molar-refractivity contribution in [2.75, 3.05) is 25.4 Å². The number of aromatic nitrogens is 3. The van der Waals surface area contributed by atoms with Crippen molar-refractivity contribution in [3.05, 3.63) is 70.0 Å². The fourth-order valence-electron chi connectivity index (χ4n) is 4.10. The Kier molecular flexibility index (Phi) is 11.3. The lowest BCUT2D eigenvalue weighted by molar-refractivity contribution is -0.159. The summed E-state index contributed by atoms with van der Waals surface area (Å²) in [6, 6.07) is 16.5. The van der Waals surface area contributed by atoms with Gasteiger partial charge >= 0.3 is 11.9 Å². The number of piperidine rings is 1. The minimum atomic E-state index is -1.82. The minimum Gasteiger partial charge on any atom is -0.473 e. The zero-order chi connectivity index (χ0) is 26.8. The first-order chi connectivity index (χ1) is 17.7. The summed E-state index contributed by atoms with van der Waals surface area (Å²) in [7, 11) is 0. The van der Waals surface area contributed by atoms with Crippen LogP contribution in [0.2, 0.25) is 10.0 Å². The number of rotatable bonds is 8. The van der Waals surface area contributed by atoms with Gasteiger partial charge in [-0.15, -0.1) is 5.10 Å². The number of hydrogen-bond acceptors (Lipinski definition) is 6. The highest BCUT2D eigenvalue weighted by Gasteiger charge is 2.20. The van der Waals surface area contributed by atoms with Gasteiger partial charge in [0.25, 0.3) is 0 Å². The Hall–Kier alpha value is -2.59. The molecule has 37 heavy (non-hydrogen) atoms. The van der Waals surface area contributed by atoms with E-state index in [2.05, 4.69) is 45.3 Å². The number of hydrogen-bond donors (Lipinski definition) is 2. The number of benzene rings is 2. The molecule has 0 atom stereocenters. The van der Waals surface area contributed by atoms with Gasteiger partial charge in [0.2, 0.25) is 5.16 Å². The number of nitrogens with zero attached hydrogens (tertiary/aromatic N) is 4. The quantitative estimate of drug-likeness (QED) is 0.201. The highest BCUT2D eigenvalue weighted by atomic mass is 35.5. The Bertz CT molecular complexity index is 1170. The van der Waals surface area contributed by atoms with Crippen molar-refractivity contribution in [3.8, 4) is 5.69 Å². The summed E-state index contributed by atoms with van der Waals surface area (Å²) in [5.74, 6) is -1.04. The first-order valence-electron chi connectivity index (χ1n) is 12.0. The van der Waals surface area contributed by atoms with E-state index in [0.717, 1.165) is 28.3 Å². The number of halogens is 2. The van der Waals surface area contributed by atoms with E-state index < -0.39 is 11.9 Å². The highest BCUT2D eigenvalue weighted by molar-refractivity contribution is 7.99. The molecule has 11 heteroatoms. The molecule has 1 aromatic heterocycles. The second-order valence-corrected chi connectivity index (χ2v) is 10.5. The van der Waals surface area contributed by atoms with Gasteiger partial charge in [0, 0.05) is 5.75 Å². The fraction of sp³-hybridized carbons (Fsp3) is 0.385. The number of likely N-dealkylation sites (tertiary alicyclic amines) is 1. The van der Waals surface area contributed by atoms with Gasteiger partial charge in [-0.25, -0.2) is 19.3 Å². The van der Waals surface area contributed by atoms with Gasteiger partial charge in [0.15, 0.2) is 0 Å². The molecule has 2 heterocycles. The Labute approximate surface area is 230 Å². The van der Waals surface area contributed by atoms with Crippen LogP contribution in [-0.4, -0.2) is 67.2 Å². The predicted molar refractivity (Wildman–Crippen MR) is 146 cm³/mol. The molecule has 0 spiro atoms. The van der Waals surface area contributed by atoms with Crippen LogP contribution in [0.4, 0.5) is 0 Å². The van der Waals surface area contributed by atoms with Crippen molar-refractivity contribution in [1.82, 2.24) is 19.7 Å². The molecule has 4 rings (SSSR count). The molecule has 198 valence electrons. The molecule has 0 unspecified atom stereocenters. The van der Waals surface area contributed by atoms with Crippen molar-refractivity contribution < 1.29 is 19.8 Å². The summed E-state index contributed by atoms with van der Waals surface area (Å²) >= 11 is 13.9. The Morgan fingerprint density at radius 2 is 1.68 bits per heavy atom. The van der Waals surface area contributed by atoms with E-state index >= 15 is 0 Å². The molecule has 0 bridgehead atoms. The third kappa shape index (κ3) is 9.03. The molecule has 0 saturated carbocycles. The molecule has 0 amide bonds. The smallest absolute Gasteiger partial charge is 0.414 e. The lowest BCUT2D eigenvalue weighted by Crippen LogP contribution is -2.33. The molecule has 2 aromatic carbocycles. The maximum Gasteiger partial charge on any atom is 0.414 e. The second kappa shape index (κ2) is 14.4. The normalized spacial score (nSPS) is 14.1. The van der Waals surface area contributed by atoms with Crippen LogP contribution in [-0.2, 0) is 9.59 Å². The summed E-state index contributed by atoms with van der Waals surface area (Å²) < 4.78 is 1.82. The SMILES string of the molecule is Cc1nc(SCCCCN2CCC(c3ccccc3)CC2)nn1-c1ccc(Cl)c(Cl)c1.O=C(O)C(=O)O. The lowest BCUT2D eigenvalue weighted by Gasteiger charge is -2.32. The first-order valence-corrected chi connectivity index (χ1v) is 13.7. The first kappa shape index (κ1) is 29.0. The van der Waals surface area contributed by atoms with Gasteiger partial charge in [-0.1, -0.05) is 65.3 Å². The zero-order valence-corrected chi connectivity index (χ0v) is 22.8. The van der Waals surface area contributed by atoms with Gasteiger partial charge in [-0.2, -0.15) is 0 Å². The van der Waals surface area contributed by atoms with E-state index in [0.29, 0.717) is 10.0 Å². The molecule has 1 fully saturated rings. The third-order valence-corrected chi connectivity index (χ3v) is 7.70. The molecule has 1 saturated heterocycles. The molecular formula is C26H30Cl2N4O4S. The average Bonchev–Trinajstić information content (AvgIpc) is 3.27. The summed E-state index contributed by atoms with van der Waals surface area (Å²) in [5, 5.41) is 21.3. The van der Waals surface area contributed by atoms with Crippen LogP contribution in [0.1, 0.15) is 43.0 Å².